The SMILES string of the molecule is C/C=N/N=C/[C@H](CC(=O)Nc1ccc2c(c1)CO/C2=N\OCCOC)N=C(c1ccc(C)cc1)c1c(C)sc(C)c1C. The molecule has 1 N–H and O–H groups in total. The van der Waals surface area contributed by atoms with Crippen LogP contribution in [-0.2, 0) is 25.7 Å². The van der Waals surface area contributed by atoms with E-state index >= 15 is 0 Å². The van der Waals surface area contributed by atoms with E-state index in [9.17, 15) is 4.79 Å². The fourth-order valence-electron chi connectivity index (χ4n) is 4.54. The van der Waals surface area contributed by atoms with E-state index in [0.717, 1.165) is 28.0 Å². The Morgan fingerprint density at radius 1 is 1.07 bits per heavy atom. The number of nitrogens with one attached hydrogen (secondary N) is 1. The number of amides is 1. The Morgan fingerprint density at radius 3 is 2.55 bits per heavy atom. The van der Waals surface area contributed by atoms with Crippen LogP contribution >= 0.6 is 11.3 Å². The molecule has 2 aromatic carbocycles. The zero-order valence-electron chi connectivity index (χ0n) is 24.9. The lowest BCUT2D eigenvalue weighted by atomic mass is 9.97. The fraction of sp³-hybridized carbons (Fsp3) is 0.344. The third-order valence-corrected chi connectivity index (χ3v) is 7.87. The fourth-order valence-corrected chi connectivity index (χ4v) is 5.61. The predicted molar refractivity (Wildman–Crippen MR) is 171 cm³/mol. The summed E-state index contributed by atoms with van der Waals surface area (Å²) in [4.78, 5) is 26.1. The van der Waals surface area contributed by atoms with Crippen LogP contribution in [-0.4, -0.2) is 56.3 Å². The van der Waals surface area contributed by atoms with Crippen LogP contribution in [0.15, 0.2) is 62.8 Å². The van der Waals surface area contributed by atoms with Crippen molar-refractivity contribution in [2.45, 2.75) is 53.7 Å². The number of hydrogen-bond donors (Lipinski definition) is 1. The van der Waals surface area contributed by atoms with Crippen LogP contribution in [0, 0.1) is 27.7 Å². The van der Waals surface area contributed by atoms with E-state index in [2.05, 4.69) is 72.6 Å². The molecule has 1 aromatic heterocycles. The molecule has 3 aromatic rings. The van der Waals surface area contributed by atoms with Gasteiger partial charge in [-0.15, -0.1) is 11.3 Å². The van der Waals surface area contributed by atoms with E-state index in [0.29, 0.717) is 31.4 Å². The number of aliphatic imine (C=N–C) groups is 1. The van der Waals surface area contributed by atoms with Crippen molar-refractivity contribution in [3.05, 3.63) is 85.6 Å². The van der Waals surface area contributed by atoms with Gasteiger partial charge in [0.2, 0.25) is 5.91 Å². The molecule has 4 rings (SSSR count). The maximum atomic E-state index is 13.3. The van der Waals surface area contributed by atoms with Gasteiger partial charge in [-0.1, -0.05) is 29.8 Å². The lowest BCUT2D eigenvalue weighted by molar-refractivity contribution is -0.116. The summed E-state index contributed by atoms with van der Waals surface area (Å²) < 4.78 is 10.6. The van der Waals surface area contributed by atoms with Gasteiger partial charge in [-0.05, 0) is 63.5 Å². The second-order valence-electron chi connectivity index (χ2n) is 9.90. The molecular weight excluding hydrogens is 550 g/mol. The largest absolute Gasteiger partial charge is 0.470 e. The van der Waals surface area contributed by atoms with Crippen molar-refractivity contribution in [1.82, 2.24) is 0 Å². The molecule has 0 aliphatic carbocycles. The number of anilines is 1. The molecular formula is C32H37N5O4S. The molecule has 0 unspecified atom stereocenters. The van der Waals surface area contributed by atoms with Crippen molar-refractivity contribution < 1.29 is 19.1 Å². The average molecular weight is 588 g/mol. The molecule has 42 heavy (non-hydrogen) atoms. The summed E-state index contributed by atoms with van der Waals surface area (Å²) in [5.41, 5.74) is 7.69. The zero-order valence-corrected chi connectivity index (χ0v) is 25.7. The van der Waals surface area contributed by atoms with Gasteiger partial charge in [-0.3, -0.25) is 9.79 Å². The van der Waals surface area contributed by atoms with Gasteiger partial charge in [-0.2, -0.15) is 10.2 Å². The van der Waals surface area contributed by atoms with Gasteiger partial charge in [-0.25, -0.2) is 0 Å². The topological polar surface area (TPSA) is 106 Å². The number of carbonyl (C=O) groups excluding carboxylic acids is 1. The van der Waals surface area contributed by atoms with Crippen LogP contribution < -0.4 is 5.32 Å². The quantitative estimate of drug-likeness (QED) is 0.156. The first-order chi connectivity index (χ1) is 20.3. The molecule has 0 radical (unpaired) electrons. The second kappa shape index (κ2) is 14.7. The number of carbonyl (C=O) groups is 1. The monoisotopic (exact) mass is 587 g/mol. The molecule has 0 bridgehead atoms. The third-order valence-electron chi connectivity index (χ3n) is 6.74. The van der Waals surface area contributed by atoms with Gasteiger partial charge >= 0.3 is 0 Å². The Labute approximate surface area is 251 Å². The number of fused-ring (bicyclic) bond motifs is 1. The van der Waals surface area contributed by atoms with E-state index in [1.165, 1.54) is 20.9 Å². The lowest BCUT2D eigenvalue weighted by Crippen LogP contribution is -2.22. The maximum Gasteiger partial charge on any atom is 0.258 e. The first-order valence-corrected chi connectivity index (χ1v) is 14.6. The summed E-state index contributed by atoms with van der Waals surface area (Å²) >= 11 is 1.75. The molecule has 2 heterocycles. The number of nitrogens with zero attached hydrogens (tertiary/aromatic N) is 4. The predicted octanol–water partition coefficient (Wildman–Crippen LogP) is 6.15. The van der Waals surface area contributed by atoms with Crippen molar-refractivity contribution in [3.63, 3.8) is 0 Å². The van der Waals surface area contributed by atoms with Crippen LogP contribution in [0.25, 0.3) is 0 Å². The molecule has 0 saturated heterocycles. The smallest absolute Gasteiger partial charge is 0.258 e. The summed E-state index contributed by atoms with van der Waals surface area (Å²) in [6.45, 7) is 11.3. The summed E-state index contributed by atoms with van der Waals surface area (Å²) in [6.07, 6.45) is 3.31. The minimum atomic E-state index is -0.537. The minimum Gasteiger partial charge on any atom is -0.470 e. The van der Waals surface area contributed by atoms with Crippen molar-refractivity contribution in [1.29, 1.82) is 0 Å². The highest BCUT2D eigenvalue weighted by atomic mass is 32.1. The summed E-state index contributed by atoms with van der Waals surface area (Å²) in [7, 11) is 1.60. The number of oxime groups is 1. The number of methoxy groups -OCH3 is 1. The third kappa shape index (κ3) is 7.77. The summed E-state index contributed by atoms with van der Waals surface area (Å²) in [5.74, 6) is 0.225. The van der Waals surface area contributed by atoms with E-state index in [-0.39, 0.29) is 12.3 Å². The van der Waals surface area contributed by atoms with Crippen molar-refractivity contribution in [3.8, 4) is 0 Å². The van der Waals surface area contributed by atoms with Gasteiger partial charge in [0, 0.05) is 51.0 Å². The number of benzene rings is 2. The highest BCUT2D eigenvalue weighted by Gasteiger charge is 2.22. The summed E-state index contributed by atoms with van der Waals surface area (Å²) in [5, 5.41) is 15.2. The van der Waals surface area contributed by atoms with Crippen LogP contribution in [0.2, 0.25) is 0 Å². The standard InChI is InChI=1S/C32H37N5O4S/c1-7-33-34-18-27(36-31(24-10-8-20(2)9-11-24)30-21(3)22(4)42-23(30)5)17-29(38)35-26-12-13-28-25(16-26)19-40-32(28)37-41-15-14-39-6/h7-13,16,18,27H,14-15,17,19H2,1-6H3,(H,35,38)/b33-7+,34-18+,36-31?,37-32-/t27-/m0/s1. The van der Waals surface area contributed by atoms with Gasteiger partial charge < -0.3 is 19.6 Å². The Kier molecular flexibility index (Phi) is 10.7. The Hall–Kier alpha value is -4.15. The normalized spacial score (nSPS) is 14.9. The molecule has 1 aliphatic rings. The Morgan fingerprint density at radius 2 is 1.86 bits per heavy atom. The van der Waals surface area contributed by atoms with E-state index in [1.807, 2.05) is 18.2 Å². The van der Waals surface area contributed by atoms with Gasteiger partial charge in [0.1, 0.15) is 13.2 Å². The number of ether oxygens (including phenoxy) is 2. The van der Waals surface area contributed by atoms with Crippen molar-refractivity contribution in [2.24, 2.45) is 20.4 Å². The molecule has 220 valence electrons. The van der Waals surface area contributed by atoms with Crippen molar-refractivity contribution in [2.75, 3.05) is 25.6 Å². The Bertz CT molecular complexity index is 1520. The second-order valence-corrected chi connectivity index (χ2v) is 11.3. The number of thiophene rings is 1. The molecule has 9 nitrogen and oxygen atoms in total. The van der Waals surface area contributed by atoms with Crippen LogP contribution in [0.3, 0.4) is 0 Å². The maximum absolute atomic E-state index is 13.3. The van der Waals surface area contributed by atoms with Crippen LogP contribution in [0.5, 0.6) is 0 Å². The van der Waals surface area contributed by atoms with Gasteiger partial charge in [0.05, 0.1) is 31.0 Å². The van der Waals surface area contributed by atoms with Crippen LogP contribution in [0.1, 0.15) is 56.5 Å². The minimum absolute atomic E-state index is 0.0902. The van der Waals surface area contributed by atoms with Crippen LogP contribution in [0.4, 0.5) is 5.69 Å². The number of rotatable bonds is 12. The van der Waals surface area contributed by atoms with Crippen molar-refractivity contribution >= 4 is 47.0 Å². The summed E-state index contributed by atoms with van der Waals surface area (Å²) in [6, 6.07) is 13.3. The first kappa shape index (κ1) is 30.8. The molecule has 10 heteroatoms. The average Bonchev–Trinajstić information content (AvgIpc) is 3.48. The lowest BCUT2D eigenvalue weighted by Gasteiger charge is -2.14. The molecule has 1 atom stereocenters. The zero-order chi connectivity index (χ0) is 30.1. The highest BCUT2D eigenvalue weighted by molar-refractivity contribution is 7.12. The van der Waals surface area contributed by atoms with Gasteiger partial charge in [0.25, 0.3) is 5.90 Å². The van der Waals surface area contributed by atoms with E-state index in [4.69, 9.17) is 19.3 Å². The molecule has 1 amide bonds. The Balaban J connectivity index is 1.58. The van der Waals surface area contributed by atoms with E-state index < -0.39 is 6.04 Å². The molecule has 0 fully saturated rings. The van der Waals surface area contributed by atoms with E-state index in [1.54, 1.807) is 37.8 Å². The van der Waals surface area contributed by atoms with Gasteiger partial charge in [0.15, 0.2) is 0 Å². The first-order valence-electron chi connectivity index (χ1n) is 13.8. The molecule has 1 aliphatic heterocycles. The number of aryl methyl sites for hydroxylation is 3. The highest BCUT2D eigenvalue weighted by Crippen LogP contribution is 2.30. The molecule has 0 spiro atoms. The number of hydrogen-bond acceptors (Lipinski definition) is 9. The molecule has 0 saturated carbocycles.